The number of ether oxygens (including phenoxy) is 2. The quantitative estimate of drug-likeness (QED) is 0.556. The van der Waals surface area contributed by atoms with Crippen molar-refractivity contribution in [3.8, 4) is 11.5 Å². The Hall–Kier alpha value is -2.45. The van der Waals surface area contributed by atoms with Gasteiger partial charge in [0.1, 0.15) is 24.7 Å². The van der Waals surface area contributed by atoms with Crippen LogP contribution in [0.2, 0.25) is 5.02 Å². The number of anilines is 1. The van der Waals surface area contributed by atoms with Gasteiger partial charge in [0, 0.05) is 11.1 Å². The maximum absolute atomic E-state index is 12.3. The van der Waals surface area contributed by atoms with Gasteiger partial charge in [0.25, 0.3) is 0 Å². The molecule has 0 fully saturated rings. The van der Waals surface area contributed by atoms with E-state index in [-0.39, 0.29) is 25.8 Å². The van der Waals surface area contributed by atoms with E-state index in [0.29, 0.717) is 22.2 Å². The van der Waals surface area contributed by atoms with E-state index in [0.717, 1.165) is 16.1 Å². The molecular formula is C21H27ClN2O5S. The molecule has 0 aliphatic heterocycles. The first-order valence-corrected chi connectivity index (χ1v) is 11.7. The third kappa shape index (κ3) is 7.42. The molecule has 0 atom stereocenters. The molecule has 1 amide bonds. The molecule has 2 aromatic rings. The molecule has 0 heterocycles. The molecule has 2 rings (SSSR count). The van der Waals surface area contributed by atoms with Crippen LogP contribution in [0.15, 0.2) is 42.5 Å². The number of hydrogen-bond donors (Lipinski definition) is 1. The van der Waals surface area contributed by atoms with Crippen LogP contribution in [0.5, 0.6) is 11.5 Å². The summed E-state index contributed by atoms with van der Waals surface area (Å²) < 4.78 is 36.7. The monoisotopic (exact) mass is 454 g/mol. The standard InChI is InChI=1S/C21H27ClN2O5S/c1-15(2)29-19-7-5-6-17(12-19)24(30(4,26)27)14-21(25)23-10-11-28-18-9-8-16(3)20(22)13-18/h5-9,12-13,15H,10-11,14H2,1-4H3,(H,23,25). The van der Waals surface area contributed by atoms with E-state index >= 15 is 0 Å². The Morgan fingerprint density at radius 2 is 1.90 bits per heavy atom. The Balaban J connectivity index is 1.95. The van der Waals surface area contributed by atoms with Crippen LogP contribution in [0.4, 0.5) is 5.69 Å². The molecule has 0 saturated carbocycles. The number of nitrogens with one attached hydrogen (secondary N) is 1. The van der Waals surface area contributed by atoms with Crippen LogP contribution >= 0.6 is 11.6 Å². The Morgan fingerprint density at radius 1 is 1.17 bits per heavy atom. The molecule has 30 heavy (non-hydrogen) atoms. The average Bonchev–Trinajstić information content (AvgIpc) is 2.65. The number of carbonyl (C=O) groups excluding carboxylic acids is 1. The Bertz CT molecular complexity index is 979. The van der Waals surface area contributed by atoms with Crippen LogP contribution in [0.1, 0.15) is 19.4 Å². The predicted molar refractivity (Wildman–Crippen MR) is 119 cm³/mol. The fourth-order valence-corrected chi connectivity index (χ4v) is 3.61. The highest BCUT2D eigenvalue weighted by Gasteiger charge is 2.21. The lowest BCUT2D eigenvalue weighted by atomic mass is 10.2. The van der Waals surface area contributed by atoms with Gasteiger partial charge in [-0.05, 0) is 50.6 Å². The van der Waals surface area contributed by atoms with Crippen LogP contribution in [0, 0.1) is 6.92 Å². The second kappa shape index (κ2) is 10.5. The lowest BCUT2D eigenvalue weighted by Crippen LogP contribution is -2.41. The van der Waals surface area contributed by atoms with Crippen LogP contribution in [-0.4, -0.2) is 46.4 Å². The summed E-state index contributed by atoms with van der Waals surface area (Å²) in [5.41, 5.74) is 1.30. The highest BCUT2D eigenvalue weighted by Crippen LogP contribution is 2.24. The van der Waals surface area contributed by atoms with Crippen molar-refractivity contribution in [1.82, 2.24) is 5.32 Å². The van der Waals surface area contributed by atoms with Crippen LogP contribution < -0.4 is 19.1 Å². The van der Waals surface area contributed by atoms with Crippen molar-refractivity contribution in [2.75, 3.05) is 30.3 Å². The van der Waals surface area contributed by atoms with E-state index in [1.54, 1.807) is 36.4 Å². The molecule has 0 aliphatic rings. The summed E-state index contributed by atoms with van der Waals surface area (Å²) in [6.45, 7) is 5.74. The Morgan fingerprint density at radius 3 is 2.53 bits per heavy atom. The molecule has 0 unspecified atom stereocenters. The summed E-state index contributed by atoms with van der Waals surface area (Å²) >= 11 is 6.05. The van der Waals surface area contributed by atoms with Gasteiger partial charge in [0.2, 0.25) is 15.9 Å². The number of aryl methyl sites for hydroxylation is 1. The number of sulfonamides is 1. The van der Waals surface area contributed by atoms with E-state index in [2.05, 4.69) is 5.32 Å². The lowest BCUT2D eigenvalue weighted by molar-refractivity contribution is -0.119. The molecule has 7 nitrogen and oxygen atoms in total. The van der Waals surface area contributed by atoms with Crippen molar-refractivity contribution in [3.63, 3.8) is 0 Å². The fourth-order valence-electron chi connectivity index (χ4n) is 2.59. The minimum atomic E-state index is -3.67. The van der Waals surface area contributed by atoms with Crippen molar-refractivity contribution < 1.29 is 22.7 Å². The van der Waals surface area contributed by atoms with E-state index in [9.17, 15) is 13.2 Å². The van der Waals surface area contributed by atoms with Crippen molar-refractivity contribution in [2.45, 2.75) is 26.9 Å². The van der Waals surface area contributed by atoms with Gasteiger partial charge in [-0.3, -0.25) is 9.10 Å². The molecule has 0 spiro atoms. The normalized spacial score (nSPS) is 11.3. The molecule has 9 heteroatoms. The summed E-state index contributed by atoms with van der Waals surface area (Å²) in [5.74, 6) is 0.683. The number of hydrogen-bond acceptors (Lipinski definition) is 5. The highest BCUT2D eigenvalue weighted by molar-refractivity contribution is 7.92. The van der Waals surface area contributed by atoms with Crippen molar-refractivity contribution in [3.05, 3.63) is 53.1 Å². The van der Waals surface area contributed by atoms with Crippen molar-refractivity contribution in [2.24, 2.45) is 0 Å². The zero-order chi connectivity index (χ0) is 22.3. The zero-order valence-corrected chi connectivity index (χ0v) is 19.1. The van der Waals surface area contributed by atoms with Gasteiger partial charge in [-0.1, -0.05) is 23.7 Å². The molecule has 0 bridgehead atoms. The third-order valence-corrected chi connectivity index (χ3v) is 5.55. The van der Waals surface area contributed by atoms with Crippen LogP contribution in [-0.2, 0) is 14.8 Å². The van der Waals surface area contributed by atoms with Crippen molar-refractivity contribution >= 4 is 33.2 Å². The Kier molecular flexibility index (Phi) is 8.37. The molecule has 0 aromatic heterocycles. The van der Waals surface area contributed by atoms with Gasteiger partial charge >= 0.3 is 0 Å². The van der Waals surface area contributed by atoms with E-state index < -0.39 is 15.9 Å². The summed E-state index contributed by atoms with van der Waals surface area (Å²) in [4.78, 5) is 12.3. The number of nitrogens with zero attached hydrogens (tertiary/aromatic N) is 1. The topological polar surface area (TPSA) is 84.9 Å². The molecule has 164 valence electrons. The number of rotatable bonds is 10. The first-order valence-electron chi connectivity index (χ1n) is 9.46. The van der Waals surface area contributed by atoms with E-state index in [1.807, 2.05) is 26.8 Å². The zero-order valence-electron chi connectivity index (χ0n) is 17.5. The van der Waals surface area contributed by atoms with Crippen LogP contribution in [0.25, 0.3) is 0 Å². The van der Waals surface area contributed by atoms with Gasteiger partial charge in [-0.15, -0.1) is 0 Å². The minimum absolute atomic E-state index is 0.0568. The highest BCUT2D eigenvalue weighted by atomic mass is 35.5. The van der Waals surface area contributed by atoms with Gasteiger partial charge in [-0.2, -0.15) is 0 Å². The minimum Gasteiger partial charge on any atom is -0.492 e. The summed E-state index contributed by atoms with van der Waals surface area (Å²) in [6, 6.07) is 12.0. The lowest BCUT2D eigenvalue weighted by Gasteiger charge is -2.22. The second-order valence-electron chi connectivity index (χ2n) is 7.04. The van der Waals surface area contributed by atoms with Crippen molar-refractivity contribution in [1.29, 1.82) is 0 Å². The largest absolute Gasteiger partial charge is 0.492 e. The van der Waals surface area contributed by atoms with E-state index in [4.69, 9.17) is 21.1 Å². The molecule has 1 N–H and O–H groups in total. The SMILES string of the molecule is Cc1ccc(OCCNC(=O)CN(c2cccc(OC(C)C)c2)S(C)(=O)=O)cc1Cl. The Labute approximate surface area is 183 Å². The number of amides is 1. The van der Waals surface area contributed by atoms with Crippen LogP contribution in [0.3, 0.4) is 0 Å². The summed E-state index contributed by atoms with van der Waals surface area (Å²) in [7, 11) is -3.67. The average molecular weight is 455 g/mol. The first-order chi connectivity index (χ1) is 14.1. The molecule has 0 radical (unpaired) electrons. The van der Waals surface area contributed by atoms with Gasteiger partial charge in [0.15, 0.2) is 0 Å². The molecular weight excluding hydrogens is 428 g/mol. The maximum atomic E-state index is 12.3. The van der Waals surface area contributed by atoms with E-state index in [1.165, 1.54) is 0 Å². The first kappa shape index (κ1) is 23.8. The number of carbonyl (C=O) groups is 1. The second-order valence-corrected chi connectivity index (χ2v) is 9.36. The van der Waals surface area contributed by atoms with Gasteiger partial charge < -0.3 is 14.8 Å². The molecule has 2 aromatic carbocycles. The smallest absolute Gasteiger partial charge is 0.240 e. The number of benzene rings is 2. The molecule has 0 saturated heterocycles. The van der Waals surface area contributed by atoms with Gasteiger partial charge in [0.05, 0.1) is 24.6 Å². The van der Waals surface area contributed by atoms with Gasteiger partial charge in [-0.25, -0.2) is 8.42 Å². The summed E-state index contributed by atoms with van der Waals surface area (Å²) in [5, 5.41) is 3.26. The fraction of sp³-hybridized carbons (Fsp3) is 0.381. The molecule has 0 aliphatic carbocycles. The number of halogens is 1. The predicted octanol–water partition coefficient (Wildman–Crippen LogP) is 3.40. The summed E-state index contributed by atoms with van der Waals surface area (Å²) in [6.07, 6.45) is 0.999. The maximum Gasteiger partial charge on any atom is 0.240 e. The third-order valence-electron chi connectivity index (χ3n) is 4.00.